The number of phenolic OH excluding ortho intramolecular Hbond substituents is 3. The Labute approximate surface area is 588 Å². The highest BCUT2D eigenvalue weighted by Gasteiger charge is 2.37. The number of amides is 3. The van der Waals surface area contributed by atoms with Crippen molar-refractivity contribution in [3.63, 3.8) is 0 Å². The van der Waals surface area contributed by atoms with Crippen molar-refractivity contribution in [3.8, 4) is 40.2 Å². The molecule has 0 atom stereocenters. The van der Waals surface area contributed by atoms with E-state index >= 15 is 0 Å². The Morgan fingerprint density at radius 3 is 1.21 bits per heavy atom. The van der Waals surface area contributed by atoms with Crippen molar-refractivity contribution < 1.29 is 120 Å². The highest BCUT2D eigenvalue weighted by atomic mass is 32.1. The minimum Gasteiger partial charge on any atom is -0.504 e. The number of nitrogens with zero attached hydrogens (tertiary/aromatic N) is 1. The number of ether oxygens (including phenoxy) is 8. The van der Waals surface area contributed by atoms with Gasteiger partial charge in [0.25, 0.3) is 0 Å². The number of alkyl halides is 9. The van der Waals surface area contributed by atoms with Gasteiger partial charge in [-0.05, 0) is 212 Å². The molecular weight excluding hydrogens is 1420 g/mol. The number of halogens is 12. The molecule has 0 spiro atoms. The van der Waals surface area contributed by atoms with Crippen LogP contribution in [-0.4, -0.2) is 116 Å². The van der Waals surface area contributed by atoms with Gasteiger partial charge in [0.1, 0.15) is 17.5 Å². The van der Waals surface area contributed by atoms with Crippen LogP contribution in [0.25, 0.3) is 51.7 Å². The van der Waals surface area contributed by atoms with E-state index in [1.54, 1.807) is 56.6 Å². The van der Waals surface area contributed by atoms with E-state index in [2.05, 4.69) is 35.1 Å². The molecular formula is C73H62F12N4O14S. The molecule has 18 nitrogen and oxygen atoms in total. The Morgan fingerprint density at radius 2 is 0.846 bits per heavy atom. The van der Waals surface area contributed by atoms with E-state index in [-0.39, 0.29) is 67.9 Å². The molecule has 0 unspecified atom stereocenters. The molecule has 3 heterocycles. The lowest BCUT2D eigenvalue weighted by Crippen LogP contribution is -2.32. The number of thiazole rings is 1. The number of hydrogen-bond acceptors (Lipinski definition) is 16. The summed E-state index contributed by atoms with van der Waals surface area (Å²) in [5, 5.41) is 39.6. The summed E-state index contributed by atoms with van der Waals surface area (Å²) in [6, 6.07) is 21.9. The second-order valence-electron chi connectivity index (χ2n) is 23.5. The molecule has 2 fully saturated rings. The van der Waals surface area contributed by atoms with Crippen molar-refractivity contribution in [1.82, 2.24) is 20.9 Å². The second kappa shape index (κ2) is 32.4. The van der Waals surface area contributed by atoms with Gasteiger partial charge in [0.2, 0.25) is 23.5 Å². The van der Waals surface area contributed by atoms with Crippen LogP contribution in [0, 0.1) is 17.5 Å². The average molecular weight is 1480 g/mol. The number of phenols is 3. The predicted molar refractivity (Wildman–Crippen MR) is 357 cm³/mol. The Morgan fingerprint density at radius 1 is 0.490 bits per heavy atom. The highest BCUT2D eigenvalue weighted by Crippen LogP contribution is 2.49. The number of aromatic nitrogens is 1. The summed E-state index contributed by atoms with van der Waals surface area (Å²) in [6.07, 6.45) is -11.3. The first kappa shape index (κ1) is 76.0. The number of nitrogens with one attached hydrogen (secondary N) is 3. The molecule has 104 heavy (non-hydrogen) atoms. The predicted octanol–water partition coefficient (Wildman–Crippen LogP) is 15.2. The largest absolute Gasteiger partial charge is 0.573 e. The molecule has 5 aliphatic rings. The number of aromatic hydroxyl groups is 3. The van der Waals surface area contributed by atoms with Gasteiger partial charge in [-0.15, -0.1) is 50.9 Å². The first-order valence-electron chi connectivity index (χ1n) is 31.4. The number of carbonyl (C=O) groups excluding carboxylic acids is 3. The monoisotopic (exact) mass is 1480 g/mol. The molecule has 31 heteroatoms. The molecule has 3 amide bonds. The lowest BCUT2D eigenvalue weighted by Gasteiger charge is -2.14. The molecule has 2 saturated heterocycles. The lowest BCUT2D eigenvalue weighted by molar-refractivity contribution is -0.276. The van der Waals surface area contributed by atoms with Crippen LogP contribution in [0.1, 0.15) is 95.8 Å². The molecule has 2 aliphatic heterocycles. The average Bonchev–Trinajstić information content (AvgIpc) is 1.63. The van der Waals surface area contributed by atoms with Crippen LogP contribution < -0.4 is 34.9 Å². The second-order valence-corrected chi connectivity index (χ2v) is 24.2. The number of carbonyl (C=O) groups is 3. The van der Waals surface area contributed by atoms with Gasteiger partial charge in [-0.2, -0.15) is 0 Å². The van der Waals surface area contributed by atoms with Gasteiger partial charge in [-0.1, -0.05) is 30.3 Å². The summed E-state index contributed by atoms with van der Waals surface area (Å²) >= 11 is 1.41. The Bertz CT molecular complexity index is 4610. The van der Waals surface area contributed by atoms with Gasteiger partial charge in [-0.25, -0.2) is 18.2 Å². The number of allylic oxidation sites excluding steroid dienone is 6. The zero-order chi connectivity index (χ0) is 74.9. The van der Waals surface area contributed by atoms with Gasteiger partial charge in [0.05, 0.1) is 83.6 Å². The maximum absolute atomic E-state index is 14.1. The summed E-state index contributed by atoms with van der Waals surface area (Å²) in [5.74, 6) is -7.01. The molecule has 6 aromatic carbocycles. The minimum absolute atomic E-state index is 0.0121. The number of hydrogen-bond donors (Lipinski definition) is 6. The van der Waals surface area contributed by atoms with Gasteiger partial charge in [-0.3, -0.25) is 14.4 Å². The smallest absolute Gasteiger partial charge is 0.504 e. The van der Waals surface area contributed by atoms with E-state index in [0.717, 1.165) is 36.0 Å². The third kappa shape index (κ3) is 19.6. The van der Waals surface area contributed by atoms with Crippen LogP contribution in [0.3, 0.4) is 0 Å². The van der Waals surface area contributed by atoms with Crippen molar-refractivity contribution in [1.29, 1.82) is 0 Å². The third-order valence-corrected chi connectivity index (χ3v) is 17.1. The van der Waals surface area contributed by atoms with Crippen molar-refractivity contribution in [2.75, 3.05) is 46.6 Å². The summed E-state index contributed by atoms with van der Waals surface area (Å²) in [7, 11) is 1.19. The molecule has 548 valence electrons. The van der Waals surface area contributed by atoms with E-state index in [1.807, 2.05) is 5.38 Å². The molecule has 12 rings (SSSR count). The van der Waals surface area contributed by atoms with Gasteiger partial charge < -0.3 is 69.2 Å². The van der Waals surface area contributed by atoms with Crippen LogP contribution in [0.4, 0.5) is 52.7 Å². The maximum Gasteiger partial charge on any atom is 0.573 e. The molecule has 0 bridgehead atoms. The first-order chi connectivity index (χ1) is 49.3. The summed E-state index contributed by atoms with van der Waals surface area (Å²) in [5.41, 5.74) is 12.3. The number of methoxy groups -OCH3 is 1. The van der Waals surface area contributed by atoms with E-state index in [1.165, 1.54) is 79.1 Å². The summed E-state index contributed by atoms with van der Waals surface area (Å²) in [4.78, 5) is 41.9. The zero-order valence-electron chi connectivity index (χ0n) is 55.2. The van der Waals surface area contributed by atoms with E-state index < -0.39 is 83.6 Å². The molecule has 0 saturated carbocycles. The van der Waals surface area contributed by atoms with E-state index in [0.29, 0.717) is 121 Å². The van der Waals surface area contributed by atoms with Crippen molar-refractivity contribution in [2.45, 2.75) is 78.2 Å². The Kier molecular flexibility index (Phi) is 23.7. The van der Waals surface area contributed by atoms with Gasteiger partial charge >= 0.3 is 19.1 Å². The lowest BCUT2D eigenvalue weighted by atomic mass is 10.00. The first-order valence-corrected chi connectivity index (χ1v) is 32.3. The molecule has 1 aromatic heterocycles. The van der Waals surface area contributed by atoms with Crippen molar-refractivity contribution in [3.05, 3.63) is 204 Å². The fourth-order valence-corrected chi connectivity index (χ4v) is 12.3. The van der Waals surface area contributed by atoms with E-state index in [9.17, 15) is 82.4 Å². The van der Waals surface area contributed by atoms with E-state index in [4.69, 9.17) is 23.7 Å². The van der Waals surface area contributed by atoms with Crippen LogP contribution in [0.15, 0.2) is 131 Å². The maximum atomic E-state index is 14.1. The normalized spacial score (nSPS) is 16.3. The standard InChI is InChI=1S/C25H23F4NO6.C24H18F4N2O3S.C24H21F4NO5/c1-13-17(7-14-8-20(33-2)24(32)21(9-14)36-25(27,28)29)16-4-3-15(26)10-19(16)18(13)11-22(31)30-12-23-34-5-6-35-23;1-13-18(6-14-2-5-21(31)22(7-14)33-24(26,27)28)17-4-3-15(25)8-20(17)19(13)9-23(32)29-10-16-11-34-12-30-16;1-13-17(8-14-2-5-20(30)21(9-14)34-24(26,27)28)16-4-3-15(25)10-19(16)18(13)11-22(31)29-12-23-32-6-7-33-23/h3-4,7-10,23,32H,5-6,11-12H2,1-2H3,(H,30,31);2-8,11-12,31H,9-10H2,1H3,(H,29,32);2-5,8-10,23,30H,6-7,11-12H2,1H3,(H,29,31)/b17-7-;18-6-;17-8-. The SMILES string of the molecule is CC1=C(CC(=O)NCC2OCCO2)c2cc(F)ccc2/C1=C\c1ccc(O)c(OC(F)(F)F)c1.CC1=C(CC(=O)NCc2cscn2)c2cc(F)ccc2/C1=C\c1ccc(O)c(OC(F)(F)F)c1.COc1cc(/C=C2/C(C)=C(CC(=O)NCC3OCCO3)c3cc(F)ccc32)cc(OC(F)(F)F)c1O. The summed E-state index contributed by atoms with van der Waals surface area (Å²) < 4.78 is 194. The van der Waals surface area contributed by atoms with Crippen LogP contribution in [0.5, 0.6) is 40.2 Å². The zero-order valence-corrected chi connectivity index (χ0v) is 56.0. The van der Waals surface area contributed by atoms with Crippen LogP contribution in [-0.2, 0) is 39.9 Å². The van der Waals surface area contributed by atoms with Crippen molar-refractivity contribution >= 4 is 80.7 Å². The quantitative estimate of drug-likeness (QED) is 0.0413. The highest BCUT2D eigenvalue weighted by molar-refractivity contribution is 7.07. The Balaban J connectivity index is 0.000000168. The molecule has 7 aromatic rings. The summed E-state index contributed by atoms with van der Waals surface area (Å²) in [6.45, 7) is 7.68. The van der Waals surface area contributed by atoms with Crippen molar-refractivity contribution in [2.24, 2.45) is 0 Å². The number of fused-ring (bicyclic) bond motifs is 3. The molecule has 6 N–H and O–H groups in total. The van der Waals surface area contributed by atoms with Crippen LogP contribution in [0.2, 0.25) is 0 Å². The fraction of sp³-hybridized carbons (Fsp3) is 0.260. The third-order valence-electron chi connectivity index (χ3n) is 16.5. The molecule has 3 aliphatic carbocycles. The van der Waals surface area contributed by atoms with Gasteiger partial charge in [0, 0.05) is 5.38 Å². The number of benzene rings is 6. The molecule has 0 radical (unpaired) electrons. The fourth-order valence-electron chi connectivity index (χ4n) is 11.8. The van der Waals surface area contributed by atoms with Crippen LogP contribution >= 0.6 is 11.3 Å². The Hall–Kier alpha value is -10.6. The minimum atomic E-state index is -5.03. The number of rotatable bonds is 19. The topological polar surface area (TPSA) is 235 Å². The van der Waals surface area contributed by atoms with Gasteiger partial charge in [0.15, 0.2) is 47.1 Å².